The van der Waals surface area contributed by atoms with Crippen molar-refractivity contribution in [2.45, 2.75) is 58.2 Å². The maximum atomic E-state index is 5.96. The summed E-state index contributed by atoms with van der Waals surface area (Å²) in [6.45, 7) is 4.33. The fraction of sp³-hybridized carbons (Fsp3) is 0.526. The van der Waals surface area contributed by atoms with Crippen LogP contribution in [0.2, 0.25) is 5.02 Å². The molecule has 1 aromatic heterocycles. The summed E-state index contributed by atoms with van der Waals surface area (Å²) >= 11 is 5.96. The van der Waals surface area contributed by atoms with Crippen LogP contribution in [0.5, 0.6) is 0 Å². The van der Waals surface area contributed by atoms with Crippen molar-refractivity contribution in [3.05, 3.63) is 47.0 Å². The van der Waals surface area contributed by atoms with Gasteiger partial charge in [-0.2, -0.15) is 0 Å². The van der Waals surface area contributed by atoms with Crippen molar-refractivity contribution in [3.63, 3.8) is 0 Å². The Morgan fingerprint density at radius 1 is 1.26 bits per heavy atom. The molecule has 0 atom stereocenters. The zero-order valence-electron chi connectivity index (χ0n) is 15.7. The van der Waals surface area contributed by atoms with Gasteiger partial charge in [-0.05, 0) is 30.5 Å². The first-order chi connectivity index (χ1) is 12.7. The van der Waals surface area contributed by atoms with Gasteiger partial charge < -0.3 is 15.2 Å². The van der Waals surface area contributed by atoms with Crippen molar-refractivity contribution in [2.24, 2.45) is 4.99 Å². The normalized spacial score (nSPS) is 14.8. The zero-order valence-corrected chi connectivity index (χ0v) is 18.8. The number of rotatable bonds is 7. The van der Waals surface area contributed by atoms with E-state index in [0.29, 0.717) is 12.6 Å². The number of hydrogen-bond acceptors (Lipinski definition) is 3. The second kappa shape index (κ2) is 11.5. The van der Waals surface area contributed by atoms with Crippen molar-refractivity contribution in [1.29, 1.82) is 0 Å². The molecule has 1 aromatic carbocycles. The van der Waals surface area contributed by atoms with Gasteiger partial charge in [0.05, 0.1) is 6.54 Å². The topological polar surface area (TPSA) is 67.1 Å². The van der Waals surface area contributed by atoms with E-state index in [4.69, 9.17) is 16.6 Å². The highest BCUT2D eigenvalue weighted by Crippen LogP contribution is 2.17. The molecule has 1 aliphatic rings. The summed E-state index contributed by atoms with van der Waals surface area (Å²) in [5, 5.41) is 15.9. The Hall–Kier alpha value is -1.35. The van der Waals surface area contributed by atoms with E-state index in [9.17, 15) is 0 Å². The summed E-state index contributed by atoms with van der Waals surface area (Å²) in [4.78, 5) is 4.76. The summed E-state index contributed by atoms with van der Waals surface area (Å²) in [7, 11) is 0. The van der Waals surface area contributed by atoms with Crippen LogP contribution in [0.4, 0.5) is 0 Å². The molecule has 0 radical (unpaired) electrons. The average Bonchev–Trinajstić information content (AvgIpc) is 3.32. The van der Waals surface area contributed by atoms with Crippen LogP contribution in [0.1, 0.15) is 44.0 Å². The minimum atomic E-state index is 0. The lowest BCUT2D eigenvalue weighted by molar-refractivity contribution is 0.593. The zero-order chi connectivity index (χ0) is 18.2. The Kier molecular flexibility index (Phi) is 9.33. The maximum absolute atomic E-state index is 5.96. The highest BCUT2D eigenvalue weighted by Gasteiger charge is 2.16. The van der Waals surface area contributed by atoms with Gasteiger partial charge in [0, 0.05) is 30.6 Å². The molecule has 6 nitrogen and oxygen atoms in total. The highest BCUT2D eigenvalue weighted by molar-refractivity contribution is 14.0. The van der Waals surface area contributed by atoms with Crippen molar-refractivity contribution in [3.8, 4) is 0 Å². The third-order valence-electron chi connectivity index (χ3n) is 4.69. The fourth-order valence-electron chi connectivity index (χ4n) is 3.21. The van der Waals surface area contributed by atoms with Gasteiger partial charge in [-0.3, -0.25) is 0 Å². The third kappa shape index (κ3) is 6.95. The van der Waals surface area contributed by atoms with Crippen molar-refractivity contribution in [1.82, 2.24) is 25.4 Å². The molecular formula is C19H28ClIN6. The second-order valence-electron chi connectivity index (χ2n) is 6.64. The van der Waals surface area contributed by atoms with E-state index in [1.54, 1.807) is 6.33 Å². The number of halogens is 2. The number of guanidine groups is 1. The van der Waals surface area contributed by atoms with E-state index in [1.807, 2.05) is 24.3 Å². The van der Waals surface area contributed by atoms with Gasteiger partial charge in [-0.1, -0.05) is 43.5 Å². The van der Waals surface area contributed by atoms with E-state index in [-0.39, 0.29) is 24.0 Å². The van der Waals surface area contributed by atoms with Crippen LogP contribution < -0.4 is 10.6 Å². The third-order valence-corrected chi connectivity index (χ3v) is 4.94. The van der Waals surface area contributed by atoms with Gasteiger partial charge in [0.1, 0.15) is 12.2 Å². The summed E-state index contributed by atoms with van der Waals surface area (Å²) < 4.78 is 2.08. The summed E-state index contributed by atoms with van der Waals surface area (Å²) in [5.41, 5.74) is 1.15. The smallest absolute Gasteiger partial charge is 0.191 e. The average molecular weight is 503 g/mol. The van der Waals surface area contributed by atoms with Crippen molar-refractivity contribution in [2.75, 3.05) is 6.54 Å². The summed E-state index contributed by atoms with van der Waals surface area (Å²) in [6, 6.07) is 8.37. The van der Waals surface area contributed by atoms with E-state index >= 15 is 0 Å². The molecule has 0 bridgehead atoms. The van der Waals surface area contributed by atoms with Gasteiger partial charge >= 0.3 is 0 Å². The molecule has 0 amide bonds. The lowest BCUT2D eigenvalue weighted by atomic mass is 10.2. The molecular weight excluding hydrogens is 475 g/mol. The van der Waals surface area contributed by atoms with Crippen LogP contribution in [-0.4, -0.2) is 33.3 Å². The molecule has 0 aliphatic heterocycles. The van der Waals surface area contributed by atoms with E-state index in [0.717, 1.165) is 41.9 Å². The quantitative estimate of drug-likeness (QED) is 0.343. The molecule has 148 valence electrons. The van der Waals surface area contributed by atoms with E-state index in [2.05, 4.69) is 32.3 Å². The lowest BCUT2D eigenvalue weighted by Crippen LogP contribution is -2.43. The Morgan fingerprint density at radius 2 is 2.00 bits per heavy atom. The molecule has 2 N–H and O–H groups in total. The Labute approximate surface area is 183 Å². The second-order valence-corrected chi connectivity index (χ2v) is 7.07. The first kappa shape index (κ1) is 21.9. The largest absolute Gasteiger partial charge is 0.355 e. The van der Waals surface area contributed by atoms with Gasteiger partial charge in [0.25, 0.3) is 0 Å². The standard InChI is InChI=1S/C19H27ClN6.HI/c1-2-18-25-23-14-26(18)12-11-21-19(24-17-5-3-4-6-17)22-13-15-7-9-16(20)10-8-15;/h7-10,14,17H,2-6,11-13H2,1H3,(H2,21,22,24);1H. The van der Waals surface area contributed by atoms with Gasteiger partial charge in [0.15, 0.2) is 5.96 Å². The molecule has 1 fully saturated rings. The Balaban J connectivity index is 0.00000261. The number of aromatic nitrogens is 3. The molecule has 0 saturated heterocycles. The van der Waals surface area contributed by atoms with Crippen LogP contribution in [-0.2, 0) is 19.5 Å². The highest BCUT2D eigenvalue weighted by atomic mass is 127. The SMILES string of the molecule is CCc1nncn1CCNC(=NCc1ccc(Cl)cc1)NC1CCCC1.I. The van der Waals surface area contributed by atoms with Gasteiger partial charge in [-0.25, -0.2) is 4.99 Å². The number of aliphatic imine (C=N–C) groups is 1. The summed E-state index contributed by atoms with van der Waals surface area (Å²) in [5.74, 6) is 1.88. The monoisotopic (exact) mass is 502 g/mol. The molecule has 27 heavy (non-hydrogen) atoms. The molecule has 3 rings (SSSR count). The molecule has 8 heteroatoms. The van der Waals surface area contributed by atoms with Crippen LogP contribution >= 0.6 is 35.6 Å². The molecule has 1 heterocycles. The van der Waals surface area contributed by atoms with Gasteiger partial charge in [-0.15, -0.1) is 34.2 Å². The van der Waals surface area contributed by atoms with Gasteiger partial charge in [0.2, 0.25) is 0 Å². The first-order valence-electron chi connectivity index (χ1n) is 9.40. The Morgan fingerprint density at radius 3 is 2.70 bits per heavy atom. The van der Waals surface area contributed by atoms with E-state index in [1.165, 1.54) is 25.7 Å². The Bertz CT molecular complexity index is 709. The molecule has 0 unspecified atom stereocenters. The molecule has 2 aromatic rings. The number of aryl methyl sites for hydroxylation is 1. The minimum absolute atomic E-state index is 0. The van der Waals surface area contributed by atoms with Crippen molar-refractivity contribution < 1.29 is 0 Å². The van der Waals surface area contributed by atoms with Crippen LogP contribution in [0.15, 0.2) is 35.6 Å². The van der Waals surface area contributed by atoms with Crippen molar-refractivity contribution >= 4 is 41.5 Å². The number of benzene rings is 1. The molecule has 1 aliphatic carbocycles. The van der Waals surface area contributed by atoms with E-state index < -0.39 is 0 Å². The van der Waals surface area contributed by atoms with Crippen LogP contribution in [0.25, 0.3) is 0 Å². The predicted octanol–water partition coefficient (Wildman–Crippen LogP) is 3.79. The van der Waals surface area contributed by atoms with Crippen LogP contribution in [0.3, 0.4) is 0 Å². The first-order valence-corrected chi connectivity index (χ1v) is 9.78. The maximum Gasteiger partial charge on any atom is 0.191 e. The number of nitrogens with zero attached hydrogens (tertiary/aromatic N) is 4. The predicted molar refractivity (Wildman–Crippen MR) is 121 cm³/mol. The lowest BCUT2D eigenvalue weighted by Gasteiger charge is -2.18. The molecule has 0 spiro atoms. The molecule has 1 saturated carbocycles. The number of hydrogen-bond donors (Lipinski definition) is 2. The number of nitrogens with one attached hydrogen (secondary N) is 2. The minimum Gasteiger partial charge on any atom is -0.355 e. The van der Waals surface area contributed by atoms with Crippen LogP contribution in [0, 0.1) is 0 Å². The summed E-state index contributed by atoms with van der Waals surface area (Å²) in [6.07, 6.45) is 7.69. The fourth-order valence-corrected chi connectivity index (χ4v) is 3.34.